The molecule has 0 saturated carbocycles. The van der Waals surface area contributed by atoms with E-state index >= 15 is 0 Å². The van der Waals surface area contributed by atoms with E-state index in [4.69, 9.17) is 11.6 Å². The Hall–Kier alpha value is -2.96. The second kappa shape index (κ2) is 11.3. The Bertz CT molecular complexity index is 1080. The first-order valence-electron chi connectivity index (χ1n) is 10.9. The van der Waals surface area contributed by atoms with Gasteiger partial charge in [0, 0.05) is 53.9 Å². The van der Waals surface area contributed by atoms with Gasteiger partial charge in [-0.2, -0.15) is 0 Å². The predicted octanol–water partition coefficient (Wildman–Crippen LogP) is 5.17. The number of nitrogens with zero attached hydrogens (tertiary/aromatic N) is 2. The number of benzene rings is 3. The summed E-state index contributed by atoms with van der Waals surface area (Å²) in [7, 11) is 0. The number of amides is 2. The fraction of sp³-hybridized carbons (Fsp3) is 0.231. The first kappa shape index (κ1) is 23.2. The summed E-state index contributed by atoms with van der Waals surface area (Å²) in [5.74, 6) is 1.14. The molecule has 3 aromatic rings. The van der Waals surface area contributed by atoms with Crippen molar-refractivity contribution in [1.29, 1.82) is 0 Å². The fourth-order valence-electron chi connectivity index (χ4n) is 3.75. The lowest BCUT2D eigenvalue weighted by atomic mass is 10.1. The summed E-state index contributed by atoms with van der Waals surface area (Å²) in [5, 5.41) is 3.61. The highest BCUT2D eigenvalue weighted by Gasteiger charge is 2.22. The maximum Gasteiger partial charge on any atom is 0.253 e. The van der Waals surface area contributed by atoms with Gasteiger partial charge in [0.2, 0.25) is 5.91 Å². The zero-order valence-electron chi connectivity index (χ0n) is 18.2. The third-order valence-corrected chi connectivity index (χ3v) is 6.74. The lowest BCUT2D eigenvalue weighted by molar-refractivity contribution is -0.113. The summed E-state index contributed by atoms with van der Waals surface area (Å²) < 4.78 is 0. The molecule has 1 saturated heterocycles. The topological polar surface area (TPSA) is 52.7 Å². The molecule has 5 nitrogen and oxygen atoms in total. The van der Waals surface area contributed by atoms with Crippen LogP contribution in [0.4, 0.5) is 11.4 Å². The van der Waals surface area contributed by atoms with Crippen molar-refractivity contribution in [1.82, 2.24) is 4.90 Å². The molecule has 4 rings (SSSR count). The van der Waals surface area contributed by atoms with Gasteiger partial charge in [0.15, 0.2) is 0 Å². The van der Waals surface area contributed by atoms with Gasteiger partial charge in [0.05, 0.1) is 5.75 Å². The number of thioether (sulfide) groups is 1. The maximum absolute atomic E-state index is 12.9. The smallest absolute Gasteiger partial charge is 0.253 e. The highest BCUT2D eigenvalue weighted by molar-refractivity contribution is 7.99. The van der Waals surface area contributed by atoms with E-state index in [1.165, 1.54) is 0 Å². The molecule has 3 aromatic carbocycles. The molecule has 0 spiro atoms. The van der Waals surface area contributed by atoms with E-state index in [1.54, 1.807) is 11.8 Å². The van der Waals surface area contributed by atoms with Crippen molar-refractivity contribution < 1.29 is 9.59 Å². The Morgan fingerprint density at radius 2 is 1.61 bits per heavy atom. The Labute approximate surface area is 203 Å². The van der Waals surface area contributed by atoms with Gasteiger partial charge >= 0.3 is 0 Å². The number of hydrogen-bond acceptors (Lipinski definition) is 4. The molecule has 7 heteroatoms. The molecule has 170 valence electrons. The lowest BCUT2D eigenvalue weighted by Crippen LogP contribution is -2.48. The summed E-state index contributed by atoms with van der Waals surface area (Å²) in [5.41, 5.74) is 3.69. The summed E-state index contributed by atoms with van der Waals surface area (Å²) in [6.45, 7) is 2.93. The van der Waals surface area contributed by atoms with Crippen molar-refractivity contribution in [3.05, 3.63) is 95.0 Å². The summed E-state index contributed by atoms with van der Waals surface area (Å²) in [4.78, 5) is 29.1. The zero-order valence-corrected chi connectivity index (χ0v) is 19.8. The van der Waals surface area contributed by atoms with Gasteiger partial charge in [-0.15, -0.1) is 11.8 Å². The van der Waals surface area contributed by atoms with Crippen LogP contribution in [0, 0.1) is 0 Å². The van der Waals surface area contributed by atoms with Crippen LogP contribution in [-0.2, 0) is 10.5 Å². The predicted molar refractivity (Wildman–Crippen MR) is 137 cm³/mol. The fourth-order valence-corrected chi connectivity index (χ4v) is 4.72. The van der Waals surface area contributed by atoms with Gasteiger partial charge in [0.25, 0.3) is 5.91 Å². The molecular weight excluding hydrogens is 454 g/mol. The van der Waals surface area contributed by atoms with E-state index in [0.29, 0.717) is 24.4 Å². The second-order valence-electron chi connectivity index (χ2n) is 7.86. The van der Waals surface area contributed by atoms with Crippen LogP contribution in [0.15, 0.2) is 78.9 Å². The number of hydrogen-bond donors (Lipinski definition) is 1. The van der Waals surface area contributed by atoms with Crippen molar-refractivity contribution >= 4 is 46.6 Å². The average molecular weight is 480 g/mol. The molecule has 0 atom stereocenters. The average Bonchev–Trinajstić information content (AvgIpc) is 2.85. The van der Waals surface area contributed by atoms with E-state index in [9.17, 15) is 9.59 Å². The maximum atomic E-state index is 12.9. The van der Waals surface area contributed by atoms with Crippen LogP contribution in [0.2, 0.25) is 5.02 Å². The molecule has 0 unspecified atom stereocenters. The molecule has 0 aromatic heterocycles. The van der Waals surface area contributed by atoms with Crippen LogP contribution in [0.3, 0.4) is 0 Å². The van der Waals surface area contributed by atoms with Crippen LogP contribution in [0.25, 0.3) is 0 Å². The molecular formula is C26H26ClN3O2S. The van der Waals surface area contributed by atoms with Gasteiger partial charge in [-0.05, 0) is 48.0 Å². The highest BCUT2D eigenvalue weighted by Crippen LogP contribution is 2.22. The summed E-state index contributed by atoms with van der Waals surface area (Å²) in [6.07, 6.45) is 0. The number of rotatable bonds is 7. The van der Waals surface area contributed by atoms with Gasteiger partial charge < -0.3 is 15.1 Å². The van der Waals surface area contributed by atoms with Crippen LogP contribution in [0.1, 0.15) is 15.9 Å². The molecule has 1 heterocycles. The molecule has 1 fully saturated rings. The Balaban J connectivity index is 1.22. The van der Waals surface area contributed by atoms with E-state index < -0.39 is 0 Å². The molecule has 0 radical (unpaired) electrons. The van der Waals surface area contributed by atoms with E-state index in [-0.39, 0.29) is 11.8 Å². The normalized spacial score (nSPS) is 13.6. The van der Waals surface area contributed by atoms with E-state index in [0.717, 1.165) is 40.8 Å². The number of nitrogens with one attached hydrogen (secondary N) is 1. The monoisotopic (exact) mass is 479 g/mol. The quantitative estimate of drug-likeness (QED) is 0.507. The molecule has 0 aliphatic carbocycles. The standard InChI is InChI=1S/C26H26ClN3O2S/c27-22-5-4-8-24(17-22)29-13-15-30(16-14-29)26(32)21-11-9-20(10-12-21)18-33-19-25(31)28-23-6-2-1-3-7-23/h1-12,17H,13-16,18-19H2,(H,28,31). The number of anilines is 2. The third-order valence-electron chi connectivity index (χ3n) is 5.50. The number of piperazine rings is 1. The van der Waals surface area contributed by atoms with Crippen molar-refractivity contribution in [3.8, 4) is 0 Å². The number of carbonyl (C=O) groups excluding carboxylic acids is 2. The molecule has 1 N–H and O–H groups in total. The number of para-hydroxylation sites is 1. The molecule has 1 aliphatic rings. The van der Waals surface area contributed by atoms with Crippen molar-refractivity contribution in [3.63, 3.8) is 0 Å². The summed E-state index contributed by atoms with van der Waals surface area (Å²) >= 11 is 7.66. The highest BCUT2D eigenvalue weighted by atomic mass is 35.5. The lowest BCUT2D eigenvalue weighted by Gasteiger charge is -2.36. The van der Waals surface area contributed by atoms with E-state index in [2.05, 4.69) is 10.2 Å². The number of halogens is 1. The summed E-state index contributed by atoms with van der Waals surface area (Å²) in [6, 6.07) is 25.0. The zero-order chi connectivity index (χ0) is 23.0. The van der Waals surface area contributed by atoms with Crippen LogP contribution in [-0.4, -0.2) is 48.6 Å². The molecule has 33 heavy (non-hydrogen) atoms. The van der Waals surface area contributed by atoms with Gasteiger partial charge in [-0.3, -0.25) is 9.59 Å². The molecule has 2 amide bonds. The number of carbonyl (C=O) groups is 2. The Morgan fingerprint density at radius 3 is 2.30 bits per heavy atom. The largest absolute Gasteiger partial charge is 0.368 e. The SMILES string of the molecule is O=C(CSCc1ccc(C(=O)N2CCN(c3cccc(Cl)c3)CC2)cc1)Nc1ccccc1. The van der Waals surface area contributed by atoms with Crippen LogP contribution >= 0.6 is 23.4 Å². The van der Waals surface area contributed by atoms with Gasteiger partial charge in [-0.25, -0.2) is 0 Å². The minimum absolute atomic E-state index is 0.0186. The van der Waals surface area contributed by atoms with Crippen LogP contribution in [0.5, 0.6) is 0 Å². The van der Waals surface area contributed by atoms with Gasteiger partial charge in [-0.1, -0.05) is 48.0 Å². The second-order valence-corrected chi connectivity index (χ2v) is 9.29. The minimum atomic E-state index is -0.0186. The minimum Gasteiger partial charge on any atom is -0.368 e. The van der Waals surface area contributed by atoms with Crippen molar-refractivity contribution in [2.45, 2.75) is 5.75 Å². The van der Waals surface area contributed by atoms with Crippen molar-refractivity contribution in [2.75, 3.05) is 42.1 Å². The molecule has 0 bridgehead atoms. The van der Waals surface area contributed by atoms with E-state index in [1.807, 2.05) is 83.8 Å². The Morgan fingerprint density at radius 1 is 0.879 bits per heavy atom. The first-order chi connectivity index (χ1) is 16.1. The Kier molecular flexibility index (Phi) is 7.92. The molecule has 1 aliphatic heterocycles. The third kappa shape index (κ3) is 6.53. The van der Waals surface area contributed by atoms with Crippen molar-refractivity contribution in [2.24, 2.45) is 0 Å². The van der Waals surface area contributed by atoms with Crippen LogP contribution < -0.4 is 10.2 Å². The first-order valence-corrected chi connectivity index (χ1v) is 12.4. The van der Waals surface area contributed by atoms with Gasteiger partial charge in [0.1, 0.15) is 0 Å².